The largest absolute Gasteiger partial charge is 0.416 e. The van der Waals surface area contributed by atoms with E-state index in [1.165, 1.54) is 7.05 Å². The molecule has 4 nitrogen and oxygen atoms in total. The Morgan fingerprint density at radius 2 is 1.39 bits per heavy atom. The third-order valence-corrected chi connectivity index (χ3v) is 5.61. The third kappa shape index (κ3) is 4.98. The van der Waals surface area contributed by atoms with Crippen molar-refractivity contribution in [2.75, 3.05) is 7.05 Å². The zero-order valence-electron chi connectivity index (χ0n) is 18.7. The minimum Gasteiger partial charge on any atom is -0.337 e. The second-order valence-electron chi connectivity index (χ2n) is 8.19. The molecule has 0 aliphatic rings. The van der Waals surface area contributed by atoms with Gasteiger partial charge >= 0.3 is 12.4 Å². The van der Waals surface area contributed by atoms with Crippen LogP contribution < -0.4 is 5.56 Å². The predicted octanol–water partition coefficient (Wildman–Crippen LogP) is 6.50. The number of halogens is 6. The standard InChI is InChI=1S/C26H18F6N2O2/c1-34(14-15-11-17(25(27,28)29)13-18(12-15)26(30,31)32)24(36)22-21(16-7-3-2-4-8-16)19-9-5-6-10-20(19)33-23(22)35/h2-13H,14H2,1H3,(H,33,35). The molecule has 0 bridgehead atoms. The van der Waals surface area contributed by atoms with Crippen LogP contribution in [0.5, 0.6) is 0 Å². The summed E-state index contributed by atoms with van der Waals surface area (Å²) in [5.74, 6) is -0.855. The lowest BCUT2D eigenvalue weighted by Gasteiger charge is -2.21. The number of rotatable bonds is 4. The van der Waals surface area contributed by atoms with Crippen LogP contribution >= 0.6 is 0 Å². The molecule has 4 aromatic rings. The van der Waals surface area contributed by atoms with Crippen LogP contribution in [0, 0.1) is 0 Å². The Bertz CT molecular complexity index is 1460. The van der Waals surface area contributed by atoms with E-state index in [0.29, 0.717) is 34.2 Å². The highest BCUT2D eigenvalue weighted by Gasteiger charge is 2.37. The number of carbonyl (C=O) groups is 1. The number of fused-ring (bicyclic) bond motifs is 1. The summed E-state index contributed by atoms with van der Waals surface area (Å²) in [6.07, 6.45) is -10.0. The first-order chi connectivity index (χ1) is 16.9. The lowest BCUT2D eigenvalue weighted by Crippen LogP contribution is -2.32. The third-order valence-electron chi connectivity index (χ3n) is 5.61. The van der Waals surface area contributed by atoms with Crippen molar-refractivity contribution in [1.82, 2.24) is 9.88 Å². The van der Waals surface area contributed by atoms with Crippen LogP contribution in [0.25, 0.3) is 22.0 Å². The summed E-state index contributed by atoms with van der Waals surface area (Å²) in [5, 5.41) is 0.554. The number of nitrogens with zero attached hydrogens (tertiary/aromatic N) is 1. The summed E-state index contributed by atoms with van der Waals surface area (Å²) in [5.41, 5.74) is -3.03. The van der Waals surface area contributed by atoms with Gasteiger partial charge in [-0.1, -0.05) is 48.5 Å². The summed E-state index contributed by atoms with van der Waals surface area (Å²) in [4.78, 5) is 30.0. The highest BCUT2D eigenvalue weighted by molar-refractivity contribution is 6.08. The summed E-state index contributed by atoms with van der Waals surface area (Å²) in [6, 6.07) is 16.5. The van der Waals surface area contributed by atoms with Gasteiger partial charge in [0.1, 0.15) is 5.56 Å². The Hall–Kier alpha value is -4.08. The Morgan fingerprint density at radius 1 is 0.833 bits per heavy atom. The lowest BCUT2D eigenvalue weighted by molar-refractivity contribution is -0.143. The fourth-order valence-corrected chi connectivity index (χ4v) is 4.00. The van der Waals surface area contributed by atoms with Gasteiger partial charge in [-0.05, 0) is 35.4 Å². The van der Waals surface area contributed by atoms with E-state index in [0.717, 1.165) is 4.90 Å². The molecule has 0 radical (unpaired) electrons. The second-order valence-corrected chi connectivity index (χ2v) is 8.19. The van der Waals surface area contributed by atoms with Crippen LogP contribution in [0.3, 0.4) is 0 Å². The number of para-hydroxylation sites is 1. The molecule has 1 heterocycles. The number of benzene rings is 3. The van der Waals surface area contributed by atoms with Gasteiger partial charge in [-0.15, -0.1) is 0 Å². The maximum atomic E-state index is 13.4. The first kappa shape index (κ1) is 25.0. The number of nitrogens with one attached hydrogen (secondary N) is 1. The summed E-state index contributed by atoms with van der Waals surface area (Å²) < 4.78 is 79.5. The molecular formula is C26H18F6N2O2. The molecule has 0 fully saturated rings. The van der Waals surface area contributed by atoms with Crippen LogP contribution in [0.2, 0.25) is 0 Å². The quantitative estimate of drug-likeness (QED) is 0.323. The molecule has 0 aliphatic carbocycles. The molecule has 0 unspecified atom stereocenters. The maximum absolute atomic E-state index is 13.4. The van der Waals surface area contributed by atoms with Crippen LogP contribution in [-0.4, -0.2) is 22.8 Å². The molecule has 0 spiro atoms. The summed E-state index contributed by atoms with van der Waals surface area (Å²) in [7, 11) is 1.21. The molecule has 36 heavy (non-hydrogen) atoms. The van der Waals surface area contributed by atoms with Gasteiger partial charge in [0.05, 0.1) is 11.1 Å². The van der Waals surface area contributed by atoms with Crippen molar-refractivity contribution < 1.29 is 31.1 Å². The Labute approximate surface area is 200 Å². The van der Waals surface area contributed by atoms with Gasteiger partial charge in [0.25, 0.3) is 11.5 Å². The van der Waals surface area contributed by atoms with E-state index in [4.69, 9.17) is 0 Å². The van der Waals surface area contributed by atoms with Gasteiger partial charge in [0.15, 0.2) is 0 Å². The molecule has 10 heteroatoms. The van der Waals surface area contributed by atoms with Crippen molar-refractivity contribution >= 4 is 16.8 Å². The molecule has 0 saturated carbocycles. The molecular weight excluding hydrogens is 486 g/mol. The Balaban J connectivity index is 1.81. The lowest BCUT2D eigenvalue weighted by atomic mass is 9.95. The van der Waals surface area contributed by atoms with E-state index in [1.807, 2.05) is 0 Å². The number of carbonyl (C=O) groups excluding carboxylic acids is 1. The van der Waals surface area contributed by atoms with E-state index in [1.54, 1.807) is 54.6 Å². The number of amides is 1. The average Bonchev–Trinajstić information content (AvgIpc) is 2.82. The van der Waals surface area contributed by atoms with Gasteiger partial charge in [0.2, 0.25) is 0 Å². The zero-order valence-corrected chi connectivity index (χ0v) is 18.7. The highest BCUT2D eigenvalue weighted by Crippen LogP contribution is 2.37. The molecule has 0 atom stereocenters. The minimum absolute atomic E-state index is 0.0207. The molecule has 1 N–H and O–H groups in total. The van der Waals surface area contributed by atoms with Gasteiger partial charge in [-0.3, -0.25) is 9.59 Å². The van der Waals surface area contributed by atoms with Crippen LogP contribution in [-0.2, 0) is 18.9 Å². The summed E-state index contributed by atoms with van der Waals surface area (Å²) in [6.45, 7) is -0.591. The predicted molar refractivity (Wildman–Crippen MR) is 122 cm³/mol. The minimum atomic E-state index is -5.02. The average molecular weight is 504 g/mol. The molecule has 1 aromatic heterocycles. The normalized spacial score (nSPS) is 12.1. The van der Waals surface area contributed by atoms with Crippen molar-refractivity contribution in [3.05, 3.63) is 105 Å². The monoisotopic (exact) mass is 504 g/mol. The fourth-order valence-electron chi connectivity index (χ4n) is 4.00. The summed E-state index contributed by atoms with van der Waals surface area (Å²) >= 11 is 0. The number of aromatic amines is 1. The smallest absolute Gasteiger partial charge is 0.337 e. The van der Waals surface area contributed by atoms with Crippen LogP contribution in [0.4, 0.5) is 26.3 Å². The maximum Gasteiger partial charge on any atom is 0.416 e. The van der Waals surface area contributed by atoms with Crippen molar-refractivity contribution in [1.29, 1.82) is 0 Å². The molecule has 186 valence electrons. The number of pyridine rings is 1. The van der Waals surface area contributed by atoms with Gasteiger partial charge in [0, 0.05) is 30.1 Å². The number of hydrogen-bond acceptors (Lipinski definition) is 2. The zero-order chi connectivity index (χ0) is 26.3. The number of hydrogen-bond donors (Lipinski definition) is 1. The van der Waals surface area contributed by atoms with Gasteiger partial charge in [-0.2, -0.15) is 26.3 Å². The van der Waals surface area contributed by atoms with E-state index >= 15 is 0 Å². The van der Waals surface area contributed by atoms with Crippen LogP contribution in [0.15, 0.2) is 77.6 Å². The second kappa shape index (κ2) is 9.18. The van der Waals surface area contributed by atoms with Crippen molar-refractivity contribution in [2.45, 2.75) is 18.9 Å². The molecule has 0 aliphatic heterocycles. The van der Waals surface area contributed by atoms with Gasteiger partial charge < -0.3 is 9.88 Å². The fraction of sp³-hybridized carbons (Fsp3) is 0.154. The molecule has 1 amide bonds. The first-order valence-corrected chi connectivity index (χ1v) is 10.6. The molecule has 4 rings (SSSR count). The first-order valence-electron chi connectivity index (χ1n) is 10.6. The number of alkyl halides is 6. The number of H-pyrrole nitrogens is 1. The molecule has 3 aromatic carbocycles. The van der Waals surface area contributed by atoms with Crippen molar-refractivity contribution in [3.8, 4) is 11.1 Å². The Morgan fingerprint density at radius 3 is 1.97 bits per heavy atom. The highest BCUT2D eigenvalue weighted by atomic mass is 19.4. The Kier molecular flexibility index (Phi) is 6.38. The van der Waals surface area contributed by atoms with E-state index < -0.39 is 41.5 Å². The van der Waals surface area contributed by atoms with E-state index in [9.17, 15) is 35.9 Å². The number of aromatic nitrogens is 1. The van der Waals surface area contributed by atoms with Crippen molar-refractivity contribution in [2.24, 2.45) is 0 Å². The van der Waals surface area contributed by atoms with Gasteiger partial charge in [-0.25, -0.2) is 0 Å². The van der Waals surface area contributed by atoms with Crippen molar-refractivity contribution in [3.63, 3.8) is 0 Å². The topological polar surface area (TPSA) is 53.2 Å². The van der Waals surface area contributed by atoms with E-state index in [-0.39, 0.29) is 17.2 Å². The van der Waals surface area contributed by atoms with E-state index in [2.05, 4.69) is 4.98 Å². The molecule has 0 saturated heterocycles. The SMILES string of the molecule is CN(Cc1cc(C(F)(F)F)cc(C(F)(F)F)c1)C(=O)c1c(-c2ccccc2)c2ccccc2[nH]c1=O. The van der Waals surface area contributed by atoms with Crippen LogP contribution in [0.1, 0.15) is 27.0 Å².